The fourth-order valence-electron chi connectivity index (χ4n) is 2.42. The van der Waals surface area contributed by atoms with Crippen molar-refractivity contribution in [3.05, 3.63) is 53.7 Å². The number of benzene rings is 1. The summed E-state index contributed by atoms with van der Waals surface area (Å²) in [5.41, 5.74) is 9.29. The van der Waals surface area contributed by atoms with Gasteiger partial charge in [-0.15, -0.1) is 0 Å². The summed E-state index contributed by atoms with van der Waals surface area (Å²) in [6.45, 7) is 3.90. The van der Waals surface area contributed by atoms with Crippen LogP contribution in [0.3, 0.4) is 0 Å². The summed E-state index contributed by atoms with van der Waals surface area (Å²) in [6, 6.07) is 13.6. The van der Waals surface area contributed by atoms with Gasteiger partial charge in [0.25, 0.3) is 5.02 Å². The molecule has 6 nitrogen and oxygen atoms in total. The van der Waals surface area contributed by atoms with Crippen molar-refractivity contribution in [2.45, 2.75) is 13.8 Å². The van der Waals surface area contributed by atoms with Crippen molar-refractivity contribution in [3.8, 4) is 0 Å². The molecule has 0 saturated carbocycles. The van der Waals surface area contributed by atoms with Crippen LogP contribution >= 0.6 is 11.8 Å². The van der Waals surface area contributed by atoms with E-state index in [0.29, 0.717) is 21.5 Å². The summed E-state index contributed by atoms with van der Waals surface area (Å²) in [5.74, 6) is 0.595. The van der Waals surface area contributed by atoms with E-state index in [0.717, 1.165) is 33.7 Å². The highest BCUT2D eigenvalue weighted by Gasteiger charge is 2.13. The van der Waals surface area contributed by atoms with E-state index < -0.39 is 0 Å². The summed E-state index contributed by atoms with van der Waals surface area (Å²) < 4.78 is 0. The second-order valence-corrected chi connectivity index (χ2v) is 8.11. The summed E-state index contributed by atoms with van der Waals surface area (Å²) in [4.78, 5) is 13.4. The van der Waals surface area contributed by atoms with Crippen LogP contribution in [-0.2, 0) is 0 Å². The summed E-state index contributed by atoms with van der Waals surface area (Å²) in [5, 5.41) is 13.2. The van der Waals surface area contributed by atoms with Crippen LogP contribution in [0.1, 0.15) is 13.8 Å². The molecule has 3 rings (SSSR count). The third-order valence-electron chi connectivity index (χ3n) is 3.88. The number of nitrogens with zero attached hydrogens (tertiary/aromatic N) is 3. The molecule has 28 heavy (non-hydrogen) atoms. The number of fused-ring (bicyclic) bond motifs is 1. The third kappa shape index (κ3) is 4.79. The van der Waals surface area contributed by atoms with E-state index in [1.54, 1.807) is 12.3 Å². The van der Waals surface area contributed by atoms with Crippen molar-refractivity contribution in [2.24, 2.45) is 16.6 Å². The van der Waals surface area contributed by atoms with Crippen molar-refractivity contribution >= 4 is 50.2 Å². The SMILES string of the molecule is C[Cl+]c1ccccc1Nc1ccnc2ccc(N=C(N)SC(=N)C(C)C)nc12. The Labute approximate surface area is 172 Å². The van der Waals surface area contributed by atoms with Gasteiger partial charge in [0, 0.05) is 18.2 Å². The van der Waals surface area contributed by atoms with Crippen LogP contribution < -0.4 is 11.1 Å². The normalized spacial score (nSPS) is 11.8. The molecule has 2 heterocycles. The van der Waals surface area contributed by atoms with Crippen molar-refractivity contribution < 1.29 is 10.8 Å². The van der Waals surface area contributed by atoms with Crippen LogP contribution in [0.4, 0.5) is 17.2 Å². The lowest BCUT2D eigenvalue weighted by atomic mass is 10.2. The molecular formula is C20H22ClN6S+. The summed E-state index contributed by atoms with van der Waals surface area (Å²) in [7, 11) is 2.18. The number of nitrogens with one attached hydrogen (secondary N) is 2. The van der Waals surface area contributed by atoms with Crippen molar-refractivity contribution in [2.75, 3.05) is 11.7 Å². The molecule has 1 aromatic carbocycles. The van der Waals surface area contributed by atoms with Crippen molar-refractivity contribution in [1.29, 1.82) is 5.41 Å². The van der Waals surface area contributed by atoms with Gasteiger partial charge in [-0.1, -0.05) is 26.0 Å². The second-order valence-electron chi connectivity index (χ2n) is 6.26. The summed E-state index contributed by atoms with van der Waals surface area (Å²) >= 11 is 1.15. The van der Waals surface area contributed by atoms with E-state index >= 15 is 0 Å². The minimum absolute atomic E-state index is 0.110. The fraction of sp³-hybridized carbons (Fsp3) is 0.200. The zero-order valence-electron chi connectivity index (χ0n) is 15.9. The minimum atomic E-state index is 0.110. The average Bonchev–Trinajstić information content (AvgIpc) is 2.68. The Morgan fingerprint density at radius 3 is 2.71 bits per heavy atom. The number of alkyl halides is 1. The molecule has 144 valence electrons. The maximum absolute atomic E-state index is 7.93. The van der Waals surface area contributed by atoms with E-state index in [-0.39, 0.29) is 5.92 Å². The van der Waals surface area contributed by atoms with Gasteiger partial charge in [0.1, 0.15) is 11.2 Å². The van der Waals surface area contributed by atoms with Gasteiger partial charge < -0.3 is 11.1 Å². The fourth-order valence-corrected chi connectivity index (χ4v) is 3.53. The molecule has 0 spiro atoms. The molecule has 0 unspecified atom stereocenters. The number of anilines is 2. The monoisotopic (exact) mass is 413 g/mol. The highest BCUT2D eigenvalue weighted by atomic mass is 35.5. The quantitative estimate of drug-likeness (QED) is 0.316. The van der Waals surface area contributed by atoms with E-state index in [2.05, 4.69) is 31.1 Å². The molecule has 0 aliphatic heterocycles. The van der Waals surface area contributed by atoms with E-state index in [4.69, 9.17) is 11.1 Å². The van der Waals surface area contributed by atoms with Gasteiger partial charge in [0.05, 0.1) is 16.2 Å². The predicted octanol–water partition coefficient (Wildman–Crippen LogP) is 4.82. The molecular weight excluding hydrogens is 392 g/mol. The number of para-hydroxylation sites is 1. The first kappa shape index (κ1) is 20.1. The molecule has 0 atom stereocenters. The Kier molecular flexibility index (Phi) is 6.49. The Bertz CT molecular complexity index is 1030. The Hall–Kier alpha value is -2.64. The number of rotatable bonds is 5. The maximum Gasteiger partial charge on any atom is 0.251 e. The predicted molar refractivity (Wildman–Crippen MR) is 116 cm³/mol. The first-order chi connectivity index (χ1) is 13.5. The van der Waals surface area contributed by atoms with Crippen LogP contribution in [0.25, 0.3) is 11.0 Å². The van der Waals surface area contributed by atoms with Crippen LogP contribution in [0, 0.1) is 22.1 Å². The number of aromatic nitrogens is 2. The number of hydrogen-bond acceptors (Lipinski definition) is 6. The van der Waals surface area contributed by atoms with E-state index in [1.165, 1.54) is 0 Å². The number of nitrogens with two attached hydrogens (primary N) is 1. The number of amidine groups is 1. The summed E-state index contributed by atoms with van der Waals surface area (Å²) in [6.07, 6.45) is 3.74. The standard InChI is InChI=1S/C20H22ClN6S/c1-12(2)19(22)28-20(23)27-17-9-8-15-18(26-17)16(10-11-24-15)25-14-7-5-4-6-13(14)21-3/h4-12,22H,1-3H3,(H,24,25)(H2,23,26,27)/q+1. The lowest BCUT2D eigenvalue weighted by Gasteiger charge is -2.09. The molecule has 0 aliphatic carbocycles. The molecule has 2 aromatic heterocycles. The highest BCUT2D eigenvalue weighted by Crippen LogP contribution is 2.28. The molecule has 8 heteroatoms. The van der Waals surface area contributed by atoms with Gasteiger partial charge in [-0.2, -0.15) is 0 Å². The third-order valence-corrected chi connectivity index (χ3v) is 5.61. The van der Waals surface area contributed by atoms with Gasteiger partial charge in [0.15, 0.2) is 28.2 Å². The Morgan fingerprint density at radius 2 is 1.96 bits per heavy atom. The Morgan fingerprint density at radius 1 is 1.18 bits per heavy atom. The van der Waals surface area contributed by atoms with Gasteiger partial charge in [-0.25, -0.2) is 9.98 Å². The second kappa shape index (κ2) is 9.03. The zero-order chi connectivity index (χ0) is 20.1. The largest absolute Gasteiger partial charge is 0.378 e. The van der Waals surface area contributed by atoms with Crippen LogP contribution in [-0.4, -0.2) is 26.6 Å². The molecule has 4 N–H and O–H groups in total. The average molecular weight is 414 g/mol. The first-order valence-corrected chi connectivity index (χ1v) is 10.6. The van der Waals surface area contributed by atoms with Gasteiger partial charge in [-0.3, -0.25) is 10.4 Å². The van der Waals surface area contributed by atoms with Crippen LogP contribution in [0.5, 0.6) is 0 Å². The van der Waals surface area contributed by atoms with Gasteiger partial charge >= 0.3 is 0 Å². The van der Waals surface area contributed by atoms with Crippen molar-refractivity contribution in [1.82, 2.24) is 9.97 Å². The molecule has 0 amide bonds. The Balaban J connectivity index is 1.95. The van der Waals surface area contributed by atoms with Gasteiger partial charge in [0.2, 0.25) is 0 Å². The number of hydrogen-bond donors (Lipinski definition) is 3. The van der Waals surface area contributed by atoms with E-state index in [1.807, 2.05) is 56.6 Å². The number of pyridine rings is 2. The lowest BCUT2D eigenvalue weighted by Crippen LogP contribution is -2.12. The minimum Gasteiger partial charge on any atom is -0.378 e. The molecule has 0 aliphatic rings. The molecule has 0 saturated heterocycles. The molecule has 0 fully saturated rings. The van der Waals surface area contributed by atoms with Crippen LogP contribution in [0.15, 0.2) is 53.7 Å². The van der Waals surface area contributed by atoms with Gasteiger partial charge in [-0.05, 0) is 36.0 Å². The zero-order valence-corrected chi connectivity index (χ0v) is 17.5. The molecule has 0 bridgehead atoms. The number of thioether (sulfide) groups is 1. The topological polar surface area (TPSA) is 100 Å². The highest BCUT2D eigenvalue weighted by molar-refractivity contribution is 8.26. The molecule has 3 aromatic rings. The number of aliphatic imine (C=N–C) groups is 1. The van der Waals surface area contributed by atoms with E-state index in [9.17, 15) is 0 Å². The maximum atomic E-state index is 7.93. The lowest BCUT2D eigenvalue weighted by molar-refractivity contribution is -0.565. The molecule has 0 radical (unpaired) electrons. The van der Waals surface area contributed by atoms with Crippen molar-refractivity contribution in [3.63, 3.8) is 0 Å². The smallest absolute Gasteiger partial charge is 0.251 e. The van der Waals surface area contributed by atoms with Crippen LogP contribution in [0.2, 0.25) is 5.02 Å². The number of halogens is 1. The first-order valence-electron chi connectivity index (χ1n) is 8.69.